The minimum absolute atomic E-state index is 0.00289. The highest BCUT2D eigenvalue weighted by Gasteiger charge is 2.15. The van der Waals surface area contributed by atoms with Crippen LogP contribution < -0.4 is 5.32 Å². The summed E-state index contributed by atoms with van der Waals surface area (Å²) in [6.07, 6.45) is 0. The maximum atomic E-state index is 12.9. The molecule has 6 nitrogen and oxygen atoms in total. The van der Waals surface area contributed by atoms with Crippen LogP contribution in [0.25, 0.3) is 11.0 Å². The highest BCUT2D eigenvalue weighted by molar-refractivity contribution is 7.99. The zero-order valence-electron chi connectivity index (χ0n) is 18.0. The lowest BCUT2D eigenvalue weighted by Crippen LogP contribution is -2.28. The molecule has 0 saturated heterocycles. The normalized spacial score (nSPS) is 10.9. The van der Waals surface area contributed by atoms with Gasteiger partial charge in [0.25, 0.3) is 5.91 Å². The van der Waals surface area contributed by atoms with Gasteiger partial charge in [0.1, 0.15) is 5.82 Å². The number of ether oxygens (including phenoxy) is 1. The summed E-state index contributed by atoms with van der Waals surface area (Å²) >= 11 is 7.36. The lowest BCUT2D eigenvalue weighted by atomic mass is 10.2. The SMILES string of the molecule is O=C(COC(=O)CSc1nc2cc(Cl)ccc2n1Cc1ccccc1)NCc1ccc(F)cc1. The number of carbonyl (C=O) groups is 2. The first-order chi connectivity index (χ1) is 16.5. The highest BCUT2D eigenvalue weighted by atomic mass is 35.5. The van der Waals surface area contributed by atoms with Gasteiger partial charge in [-0.25, -0.2) is 9.37 Å². The number of imidazole rings is 1. The Bertz CT molecular complexity index is 1300. The van der Waals surface area contributed by atoms with Gasteiger partial charge >= 0.3 is 5.97 Å². The molecule has 0 aliphatic heterocycles. The molecule has 0 spiro atoms. The smallest absolute Gasteiger partial charge is 0.316 e. The van der Waals surface area contributed by atoms with E-state index in [1.165, 1.54) is 23.9 Å². The van der Waals surface area contributed by atoms with Crippen LogP contribution in [0.5, 0.6) is 0 Å². The number of hydrogen-bond donors (Lipinski definition) is 1. The van der Waals surface area contributed by atoms with Crippen LogP contribution in [0, 0.1) is 5.82 Å². The van der Waals surface area contributed by atoms with Gasteiger partial charge in [-0.05, 0) is 41.5 Å². The molecule has 0 aliphatic rings. The van der Waals surface area contributed by atoms with E-state index in [1.54, 1.807) is 24.3 Å². The van der Waals surface area contributed by atoms with Crippen LogP contribution in [0.1, 0.15) is 11.1 Å². The van der Waals surface area contributed by atoms with E-state index in [-0.39, 0.29) is 18.1 Å². The molecule has 1 N–H and O–H groups in total. The molecule has 3 aromatic carbocycles. The lowest BCUT2D eigenvalue weighted by Gasteiger charge is -2.09. The number of amides is 1. The second kappa shape index (κ2) is 11.2. The van der Waals surface area contributed by atoms with Crippen LogP contribution in [0.2, 0.25) is 5.02 Å². The summed E-state index contributed by atoms with van der Waals surface area (Å²) in [6, 6.07) is 21.2. The quantitative estimate of drug-likeness (QED) is 0.265. The van der Waals surface area contributed by atoms with Crippen molar-refractivity contribution in [3.05, 3.63) is 94.8 Å². The number of thioether (sulfide) groups is 1. The number of halogens is 2. The monoisotopic (exact) mass is 497 g/mol. The standard InChI is InChI=1S/C25H21ClFN3O3S/c26-19-8-11-22-21(12-19)29-25(30(22)14-18-4-2-1-3-5-18)34-16-24(32)33-15-23(31)28-13-17-6-9-20(27)10-7-17/h1-12H,13-16H2,(H,28,31). The van der Waals surface area contributed by atoms with Gasteiger partial charge in [-0.1, -0.05) is 65.8 Å². The van der Waals surface area contributed by atoms with Crippen molar-refractivity contribution in [1.29, 1.82) is 0 Å². The van der Waals surface area contributed by atoms with E-state index in [4.69, 9.17) is 16.3 Å². The Balaban J connectivity index is 1.34. The van der Waals surface area contributed by atoms with E-state index in [0.717, 1.165) is 22.2 Å². The van der Waals surface area contributed by atoms with Gasteiger partial charge in [0.15, 0.2) is 11.8 Å². The second-order valence-corrected chi connectivity index (χ2v) is 8.83. The van der Waals surface area contributed by atoms with Crippen molar-refractivity contribution in [3.63, 3.8) is 0 Å². The largest absolute Gasteiger partial charge is 0.455 e. The molecular weight excluding hydrogens is 477 g/mol. The number of esters is 1. The van der Waals surface area contributed by atoms with Crippen LogP contribution in [0.15, 0.2) is 78.0 Å². The van der Waals surface area contributed by atoms with Gasteiger partial charge in [-0.2, -0.15) is 0 Å². The summed E-state index contributed by atoms with van der Waals surface area (Å²) in [4.78, 5) is 28.9. The van der Waals surface area contributed by atoms with E-state index >= 15 is 0 Å². The number of nitrogens with zero attached hydrogens (tertiary/aromatic N) is 2. The summed E-state index contributed by atoms with van der Waals surface area (Å²) in [7, 11) is 0. The molecular formula is C25H21ClFN3O3S. The first-order valence-corrected chi connectivity index (χ1v) is 11.8. The Kier molecular flexibility index (Phi) is 7.82. The number of fused-ring (bicyclic) bond motifs is 1. The maximum absolute atomic E-state index is 12.9. The van der Waals surface area contributed by atoms with Crippen LogP contribution in [-0.2, 0) is 27.4 Å². The number of carbonyl (C=O) groups excluding carboxylic acids is 2. The third kappa shape index (κ3) is 6.36. The lowest BCUT2D eigenvalue weighted by molar-refractivity contribution is -0.145. The van der Waals surface area contributed by atoms with Gasteiger partial charge in [0, 0.05) is 11.6 Å². The molecule has 0 aliphatic carbocycles. The van der Waals surface area contributed by atoms with Crippen LogP contribution in [0.3, 0.4) is 0 Å². The van der Waals surface area contributed by atoms with Crippen LogP contribution in [-0.4, -0.2) is 33.8 Å². The number of hydrogen-bond acceptors (Lipinski definition) is 5. The molecule has 0 bridgehead atoms. The molecule has 34 heavy (non-hydrogen) atoms. The minimum Gasteiger partial charge on any atom is -0.455 e. The van der Waals surface area contributed by atoms with E-state index in [0.29, 0.717) is 16.7 Å². The minimum atomic E-state index is -0.529. The van der Waals surface area contributed by atoms with Crippen molar-refractivity contribution in [1.82, 2.24) is 14.9 Å². The Labute approximate surface area is 205 Å². The van der Waals surface area contributed by atoms with Crippen LogP contribution >= 0.6 is 23.4 Å². The van der Waals surface area contributed by atoms with Crippen molar-refractivity contribution in [2.24, 2.45) is 0 Å². The van der Waals surface area contributed by atoms with Gasteiger partial charge in [-0.3, -0.25) is 9.59 Å². The maximum Gasteiger partial charge on any atom is 0.316 e. The topological polar surface area (TPSA) is 73.2 Å². The van der Waals surface area contributed by atoms with Gasteiger partial charge in [0.05, 0.1) is 23.3 Å². The first-order valence-electron chi connectivity index (χ1n) is 10.5. The van der Waals surface area contributed by atoms with Gasteiger partial charge in [-0.15, -0.1) is 0 Å². The zero-order valence-corrected chi connectivity index (χ0v) is 19.6. The molecule has 0 radical (unpaired) electrons. The number of nitrogens with one attached hydrogen (secondary N) is 1. The molecule has 0 atom stereocenters. The fraction of sp³-hybridized carbons (Fsp3) is 0.160. The summed E-state index contributed by atoms with van der Waals surface area (Å²) in [5.41, 5.74) is 3.48. The fourth-order valence-corrected chi connectivity index (χ4v) is 4.25. The number of benzene rings is 3. The Morgan fingerprint density at radius 3 is 2.56 bits per heavy atom. The van der Waals surface area contributed by atoms with E-state index in [9.17, 15) is 14.0 Å². The third-order valence-corrected chi connectivity index (χ3v) is 6.13. The summed E-state index contributed by atoms with van der Waals surface area (Å²) < 4.78 is 20.1. The molecule has 1 amide bonds. The number of aromatic nitrogens is 2. The summed E-state index contributed by atoms with van der Waals surface area (Å²) in [5, 5.41) is 3.87. The zero-order chi connectivity index (χ0) is 23.9. The summed E-state index contributed by atoms with van der Waals surface area (Å²) in [6.45, 7) is 0.413. The molecule has 4 aromatic rings. The molecule has 4 rings (SSSR count). The molecule has 1 heterocycles. The van der Waals surface area contributed by atoms with E-state index in [2.05, 4.69) is 10.3 Å². The predicted octanol–water partition coefficient (Wildman–Crippen LogP) is 4.83. The Morgan fingerprint density at radius 1 is 1.03 bits per heavy atom. The molecule has 0 unspecified atom stereocenters. The van der Waals surface area contributed by atoms with Crippen molar-refractivity contribution in [2.45, 2.75) is 18.2 Å². The second-order valence-electron chi connectivity index (χ2n) is 7.45. The van der Waals surface area contributed by atoms with Crippen molar-refractivity contribution >= 4 is 46.3 Å². The van der Waals surface area contributed by atoms with Crippen molar-refractivity contribution in [3.8, 4) is 0 Å². The Morgan fingerprint density at radius 2 is 1.79 bits per heavy atom. The van der Waals surface area contributed by atoms with E-state index in [1.807, 2.05) is 41.0 Å². The summed E-state index contributed by atoms with van der Waals surface area (Å²) in [5.74, 6) is -1.31. The van der Waals surface area contributed by atoms with Crippen LogP contribution in [0.4, 0.5) is 4.39 Å². The van der Waals surface area contributed by atoms with Crippen molar-refractivity contribution in [2.75, 3.05) is 12.4 Å². The molecule has 9 heteroatoms. The molecule has 0 fully saturated rings. The first kappa shape index (κ1) is 23.8. The Hall–Kier alpha value is -3.36. The van der Waals surface area contributed by atoms with Gasteiger partial charge in [0.2, 0.25) is 0 Å². The average Bonchev–Trinajstić information content (AvgIpc) is 3.17. The van der Waals surface area contributed by atoms with Crippen molar-refractivity contribution < 1.29 is 18.7 Å². The fourth-order valence-electron chi connectivity index (χ4n) is 3.27. The average molecular weight is 498 g/mol. The third-order valence-electron chi connectivity index (χ3n) is 4.95. The molecule has 1 aromatic heterocycles. The molecule has 0 saturated carbocycles. The highest BCUT2D eigenvalue weighted by Crippen LogP contribution is 2.27. The number of rotatable bonds is 9. The molecule has 174 valence electrons. The van der Waals surface area contributed by atoms with Gasteiger partial charge < -0.3 is 14.6 Å². The predicted molar refractivity (Wildman–Crippen MR) is 130 cm³/mol. The van der Waals surface area contributed by atoms with E-state index < -0.39 is 18.5 Å².